The summed E-state index contributed by atoms with van der Waals surface area (Å²) in [5, 5.41) is 13.3. The van der Waals surface area contributed by atoms with Gasteiger partial charge in [-0.2, -0.15) is 10.2 Å². The molecule has 1 atom stereocenters. The second-order valence-electron chi connectivity index (χ2n) is 7.34. The van der Waals surface area contributed by atoms with Crippen molar-refractivity contribution < 1.29 is 13.2 Å². The number of rotatable bonds is 4. The molecule has 1 fully saturated rings. The van der Waals surface area contributed by atoms with Crippen molar-refractivity contribution in [3.63, 3.8) is 0 Å². The van der Waals surface area contributed by atoms with Crippen LogP contribution in [-0.2, 0) is 16.9 Å². The minimum absolute atomic E-state index is 0.00814. The van der Waals surface area contributed by atoms with Crippen LogP contribution in [0.3, 0.4) is 0 Å². The van der Waals surface area contributed by atoms with Gasteiger partial charge in [0.05, 0.1) is 28.8 Å². The Bertz CT molecular complexity index is 1370. The minimum Gasteiger partial charge on any atom is -0.348 e. The molecule has 0 bridgehead atoms. The monoisotopic (exact) mass is 442 g/mol. The summed E-state index contributed by atoms with van der Waals surface area (Å²) in [6.07, 6.45) is 9.53. The van der Waals surface area contributed by atoms with Gasteiger partial charge in [-0.05, 0) is 23.4 Å². The van der Waals surface area contributed by atoms with Gasteiger partial charge in [-0.15, -0.1) is 11.3 Å². The van der Waals surface area contributed by atoms with Crippen LogP contribution < -0.4 is 5.32 Å². The van der Waals surface area contributed by atoms with Crippen LogP contribution in [0.2, 0.25) is 0 Å². The molecule has 11 heteroatoms. The molecular weight excluding hydrogens is 424 g/mol. The molecular formula is C19H18N6O3S2. The van der Waals surface area contributed by atoms with Crippen molar-refractivity contribution >= 4 is 32.7 Å². The van der Waals surface area contributed by atoms with Crippen molar-refractivity contribution in [3.05, 3.63) is 47.3 Å². The summed E-state index contributed by atoms with van der Waals surface area (Å²) in [5.74, 6) is -0.117. The summed E-state index contributed by atoms with van der Waals surface area (Å²) in [5.41, 5.74) is 4.22. The lowest BCUT2D eigenvalue weighted by Crippen LogP contribution is -2.35. The summed E-state index contributed by atoms with van der Waals surface area (Å²) in [6, 6.07) is 1.47. The third-order valence-electron chi connectivity index (χ3n) is 5.10. The SMILES string of the molecule is Cn1cc(-c2cnc3c(-c4csc(C(=O)NC5CCS(=O)(=O)C5)c4)cnn3c2)cn1. The average molecular weight is 443 g/mol. The highest BCUT2D eigenvalue weighted by atomic mass is 32.2. The van der Waals surface area contributed by atoms with Gasteiger partial charge in [0.1, 0.15) is 0 Å². The number of carbonyl (C=O) groups is 1. The molecule has 1 N–H and O–H groups in total. The van der Waals surface area contributed by atoms with Crippen LogP contribution in [-0.4, -0.2) is 56.3 Å². The molecule has 5 rings (SSSR count). The molecule has 1 saturated heterocycles. The zero-order chi connectivity index (χ0) is 20.9. The molecule has 1 unspecified atom stereocenters. The van der Waals surface area contributed by atoms with E-state index in [9.17, 15) is 13.2 Å². The molecule has 4 aromatic rings. The van der Waals surface area contributed by atoms with Gasteiger partial charge >= 0.3 is 0 Å². The van der Waals surface area contributed by atoms with E-state index in [0.717, 1.165) is 22.3 Å². The smallest absolute Gasteiger partial charge is 0.261 e. The zero-order valence-corrected chi connectivity index (χ0v) is 17.7. The molecule has 1 amide bonds. The van der Waals surface area contributed by atoms with E-state index in [1.807, 2.05) is 24.8 Å². The molecule has 4 aromatic heterocycles. The summed E-state index contributed by atoms with van der Waals surface area (Å²) in [7, 11) is -1.18. The Kier molecular flexibility index (Phi) is 4.44. The number of hydrogen-bond acceptors (Lipinski definition) is 7. The van der Waals surface area contributed by atoms with E-state index in [0.29, 0.717) is 16.9 Å². The molecule has 0 spiro atoms. The highest BCUT2D eigenvalue weighted by Crippen LogP contribution is 2.29. The number of aromatic nitrogens is 5. The fourth-order valence-electron chi connectivity index (χ4n) is 3.56. The van der Waals surface area contributed by atoms with Crippen LogP contribution in [0.4, 0.5) is 0 Å². The molecule has 0 radical (unpaired) electrons. The standard InChI is InChI=1S/C19H18N6O3S2/c1-24-8-14(6-21-24)13-5-20-18-16(7-22-25(18)9-13)12-4-17(29-10-12)19(26)23-15-2-3-30(27,28)11-15/h4-10,15H,2-3,11H2,1H3,(H,23,26). The number of thiophene rings is 1. The number of fused-ring (bicyclic) bond motifs is 1. The fourth-order valence-corrected chi connectivity index (χ4v) is 6.04. The predicted octanol–water partition coefficient (Wildman–Crippen LogP) is 1.78. The molecule has 1 aliphatic rings. The van der Waals surface area contributed by atoms with Crippen molar-refractivity contribution in [3.8, 4) is 22.3 Å². The number of aryl methyl sites for hydroxylation is 1. The molecule has 1 aliphatic heterocycles. The van der Waals surface area contributed by atoms with E-state index >= 15 is 0 Å². The van der Waals surface area contributed by atoms with E-state index in [1.54, 1.807) is 33.9 Å². The maximum Gasteiger partial charge on any atom is 0.261 e. The third kappa shape index (κ3) is 3.50. The first-order valence-corrected chi connectivity index (χ1v) is 12.0. The van der Waals surface area contributed by atoms with E-state index < -0.39 is 9.84 Å². The first-order valence-electron chi connectivity index (χ1n) is 9.30. The second-order valence-corrected chi connectivity index (χ2v) is 10.5. The number of nitrogens with zero attached hydrogens (tertiary/aromatic N) is 5. The summed E-state index contributed by atoms with van der Waals surface area (Å²) < 4.78 is 26.6. The largest absolute Gasteiger partial charge is 0.348 e. The van der Waals surface area contributed by atoms with Gasteiger partial charge in [0.25, 0.3) is 5.91 Å². The maximum atomic E-state index is 12.5. The minimum atomic E-state index is -3.04. The van der Waals surface area contributed by atoms with Gasteiger partial charge < -0.3 is 5.32 Å². The van der Waals surface area contributed by atoms with Crippen molar-refractivity contribution in [1.82, 2.24) is 29.7 Å². The normalized spacial score (nSPS) is 18.1. The Balaban J connectivity index is 1.38. The van der Waals surface area contributed by atoms with Crippen LogP contribution in [0.1, 0.15) is 16.1 Å². The topological polar surface area (TPSA) is 111 Å². The molecule has 154 valence electrons. The van der Waals surface area contributed by atoms with Crippen LogP contribution in [0.5, 0.6) is 0 Å². The molecule has 0 saturated carbocycles. The van der Waals surface area contributed by atoms with E-state index in [1.165, 1.54) is 11.3 Å². The molecule has 9 nitrogen and oxygen atoms in total. The Morgan fingerprint density at radius 2 is 2.00 bits per heavy atom. The van der Waals surface area contributed by atoms with Gasteiger partial charge in [-0.1, -0.05) is 0 Å². The number of nitrogens with one attached hydrogen (secondary N) is 1. The van der Waals surface area contributed by atoms with Crippen LogP contribution in [0.15, 0.2) is 42.4 Å². The van der Waals surface area contributed by atoms with Crippen molar-refractivity contribution in [2.24, 2.45) is 7.05 Å². The first-order chi connectivity index (χ1) is 14.4. The molecule has 5 heterocycles. The van der Waals surface area contributed by atoms with Crippen molar-refractivity contribution in [2.45, 2.75) is 12.5 Å². The van der Waals surface area contributed by atoms with Crippen molar-refractivity contribution in [2.75, 3.05) is 11.5 Å². The van der Waals surface area contributed by atoms with Crippen LogP contribution >= 0.6 is 11.3 Å². The summed E-state index contributed by atoms with van der Waals surface area (Å²) >= 11 is 1.31. The molecule has 0 aromatic carbocycles. The molecule has 0 aliphatic carbocycles. The third-order valence-corrected chi connectivity index (χ3v) is 7.79. The highest BCUT2D eigenvalue weighted by Gasteiger charge is 2.29. The van der Waals surface area contributed by atoms with Gasteiger partial charge in [-0.3, -0.25) is 9.48 Å². The van der Waals surface area contributed by atoms with Gasteiger partial charge in [-0.25, -0.2) is 17.9 Å². The zero-order valence-electron chi connectivity index (χ0n) is 16.0. The fraction of sp³-hybridized carbons (Fsp3) is 0.263. The number of amides is 1. The molecule has 30 heavy (non-hydrogen) atoms. The van der Waals surface area contributed by atoms with E-state index in [-0.39, 0.29) is 23.5 Å². The summed E-state index contributed by atoms with van der Waals surface area (Å²) in [6.45, 7) is 0. The Hall–Kier alpha value is -3.05. The van der Waals surface area contributed by atoms with Crippen molar-refractivity contribution in [1.29, 1.82) is 0 Å². The lowest BCUT2D eigenvalue weighted by molar-refractivity contribution is 0.0945. The number of carbonyl (C=O) groups excluding carboxylic acids is 1. The Morgan fingerprint density at radius 3 is 2.73 bits per heavy atom. The average Bonchev–Trinajstić information content (AvgIpc) is 3.47. The Labute approximate surface area is 176 Å². The maximum absolute atomic E-state index is 12.5. The lowest BCUT2D eigenvalue weighted by atomic mass is 10.1. The van der Waals surface area contributed by atoms with Crippen LogP contribution in [0, 0.1) is 0 Å². The highest BCUT2D eigenvalue weighted by molar-refractivity contribution is 7.91. The van der Waals surface area contributed by atoms with Crippen LogP contribution in [0.25, 0.3) is 27.9 Å². The van der Waals surface area contributed by atoms with E-state index in [2.05, 4.69) is 20.5 Å². The van der Waals surface area contributed by atoms with Gasteiger partial charge in [0.2, 0.25) is 0 Å². The second kappa shape index (κ2) is 7.03. The summed E-state index contributed by atoms with van der Waals surface area (Å²) in [4.78, 5) is 17.6. The predicted molar refractivity (Wildman–Crippen MR) is 113 cm³/mol. The Morgan fingerprint density at radius 1 is 1.17 bits per heavy atom. The van der Waals surface area contributed by atoms with Gasteiger partial charge in [0, 0.05) is 48.4 Å². The lowest BCUT2D eigenvalue weighted by Gasteiger charge is -2.09. The van der Waals surface area contributed by atoms with Gasteiger partial charge in [0.15, 0.2) is 15.5 Å². The first kappa shape index (κ1) is 18.9. The quantitative estimate of drug-likeness (QED) is 0.516. The number of hydrogen-bond donors (Lipinski definition) is 1. The number of sulfone groups is 1. The van der Waals surface area contributed by atoms with E-state index in [4.69, 9.17) is 0 Å².